The molecule has 0 saturated heterocycles. The first kappa shape index (κ1) is 13.9. The third-order valence-corrected chi connectivity index (χ3v) is 2.45. The second-order valence-electron chi connectivity index (χ2n) is 3.92. The van der Waals surface area contributed by atoms with Gasteiger partial charge in [0.2, 0.25) is 0 Å². The minimum atomic E-state index is 0. The van der Waals surface area contributed by atoms with E-state index >= 15 is 0 Å². The van der Waals surface area contributed by atoms with Gasteiger partial charge in [0, 0.05) is 21.1 Å². The van der Waals surface area contributed by atoms with E-state index in [9.17, 15) is 0 Å². The van der Waals surface area contributed by atoms with E-state index in [0.717, 1.165) is 11.3 Å². The smallest absolute Gasteiger partial charge is 0.113 e. The number of ether oxygens (including phenoxy) is 1. The van der Waals surface area contributed by atoms with Crippen molar-refractivity contribution < 1.29 is 25.8 Å². The Morgan fingerprint density at radius 1 is 0.941 bits per heavy atom. The number of hydrogen-bond acceptors (Lipinski definition) is 1. The van der Waals surface area contributed by atoms with Crippen LogP contribution >= 0.6 is 0 Å². The van der Waals surface area contributed by atoms with Crippen molar-refractivity contribution in [3.05, 3.63) is 72.1 Å². The predicted molar refractivity (Wildman–Crippen MR) is 66.4 cm³/mol. The fourth-order valence-electron chi connectivity index (χ4n) is 1.44. The minimum Gasteiger partial charge on any atom is -0.491 e. The summed E-state index contributed by atoms with van der Waals surface area (Å²) in [5, 5.41) is 0. The summed E-state index contributed by atoms with van der Waals surface area (Å²) in [7, 11) is 0. The summed E-state index contributed by atoms with van der Waals surface area (Å²) < 4.78 is 5.66. The van der Waals surface area contributed by atoms with Gasteiger partial charge in [-0.2, -0.15) is 24.6 Å². The maximum Gasteiger partial charge on any atom is 0.113 e. The van der Waals surface area contributed by atoms with Crippen molar-refractivity contribution in [1.29, 1.82) is 0 Å². The summed E-state index contributed by atoms with van der Waals surface area (Å²) in [6, 6.07) is 16.1. The van der Waals surface area contributed by atoms with Gasteiger partial charge in [0.05, 0.1) is 5.75 Å². The molecule has 88 valence electrons. The van der Waals surface area contributed by atoms with Crippen molar-refractivity contribution in [2.45, 2.75) is 13.5 Å². The largest absolute Gasteiger partial charge is 0.491 e. The molecule has 0 aromatic heterocycles. The van der Waals surface area contributed by atoms with E-state index < -0.39 is 0 Å². The Morgan fingerprint density at radius 3 is 2.12 bits per heavy atom. The van der Waals surface area contributed by atoms with Gasteiger partial charge < -0.3 is 4.74 Å². The number of rotatable bonds is 3. The molecule has 0 fully saturated rings. The normalized spacial score (nSPS) is 9.47. The number of hydrogen-bond donors (Lipinski definition) is 0. The van der Waals surface area contributed by atoms with Crippen LogP contribution in [0, 0.1) is 13.8 Å². The molecular weight excluding hydrogens is 380 g/mol. The van der Waals surface area contributed by atoms with Crippen LogP contribution in [-0.2, 0) is 27.7 Å². The van der Waals surface area contributed by atoms with Gasteiger partial charge in [-0.1, -0.05) is 42.0 Å². The Morgan fingerprint density at radius 2 is 1.53 bits per heavy atom. The van der Waals surface area contributed by atoms with Gasteiger partial charge in [-0.25, -0.2) is 0 Å². The van der Waals surface area contributed by atoms with Crippen molar-refractivity contribution in [3.8, 4) is 5.75 Å². The Bertz CT molecular complexity index is 400. The van der Waals surface area contributed by atoms with Gasteiger partial charge >= 0.3 is 0 Å². The molecule has 2 heteroatoms. The molecule has 0 unspecified atom stereocenters. The zero-order valence-corrected chi connectivity index (χ0v) is 12.8. The number of aryl methyl sites for hydroxylation is 1. The van der Waals surface area contributed by atoms with Gasteiger partial charge in [-0.15, -0.1) is 0 Å². The van der Waals surface area contributed by atoms with Gasteiger partial charge in [0.1, 0.15) is 6.61 Å². The Hall–Kier alpha value is -1.20. The zero-order valence-electron chi connectivity index (χ0n) is 9.85. The molecule has 0 saturated carbocycles. The molecule has 0 aliphatic carbocycles. The molecule has 0 atom stereocenters. The Labute approximate surface area is 117 Å². The van der Waals surface area contributed by atoms with Gasteiger partial charge in [-0.3, -0.25) is 0 Å². The van der Waals surface area contributed by atoms with Crippen LogP contribution in [0.15, 0.2) is 48.5 Å². The molecule has 0 aliphatic heterocycles. The molecule has 0 aliphatic rings. The zero-order chi connectivity index (χ0) is 11.4. The standard InChI is InChI=1S/C15H15O.W/c1-12-3-7-14(8-4-12)11-16-15-9-5-13(2)6-10-15;/h3-10H,2,11H2,1H3;/q-1;. The van der Waals surface area contributed by atoms with E-state index in [-0.39, 0.29) is 21.1 Å². The third-order valence-electron chi connectivity index (χ3n) is 2.45. The first-order chi connectivity index (χ1) is 7.74. The Balaban J connectivity index is 0.00000144. The van der Waals surface area contributed by atoms with Crippen molar-refractivity contribution in [2.75, 3.05) is 0 Å². The monoisotopic (exact) mass is 395 g/mol. The van der Waals surface area contributed by atoms with Crippen LogP contribution in [0.5, 0.6) is 5.75 Å². The maximum atomic E-state index is 5.66. The summed E-state index contributed by atoms with van der Waals surface area (Å²) in [6.45, 7) is 6.52. The van der Waals surface area contributed by atoms with Crippen molar-refractivity contribution in [2.24, 2.45) is 0 Å². The summed E-state index contributed by atoms with van der Waals surface area (Å²) in [5.41, 5.74) is 3.46. The van der Waals surface area contributed by atoms with Crippen LogP contribution in [-0.4, -0.2) is 0 Å². The van der Waals surface area contributed by atoms with Crippen LogP contribution < -0.4 is 4.74 Å². The molecule has 0 N–H and O–H groups in total. The summed E-state index contributed by atoms with van der Waals surface area (Å²) in [4.78, 5) is 0. The number of benzene rings is 2. The average molecular weight is 395 g/mol. The van der Waals surface area contributed by atoms with Crippen LogP contribution in [0.4, 0.5) is 0 Å². The molecule has 2 aromatic rings. The maximum absolute atomic E-state index is 5.66. The van der Waals surface area contributed by atoms with E-state index in [1.54, 1.807) is 0 Å². The molecular formula is C15H15OW-. The molecule has 1 nitrogen and oxygen atoms in total. The van der Waals surface area contributed by atoms with Crippen molar-refractivity contribution in [3.63, 3.8) is 0 Å². The molecule has 0 radical (unpaired) electrons. The fourth-order valence-corrected chi connectivity index (χ4v) is 1.44. The predicted octanol–water partition coefficient (Wildman–Crippen LogP) is 3.75. The SMILES string of the molecule is [CH2-]c1ccc(OCc2ccc(C)cc2)cc1.[W]. The van der Waals surface area contributed by atoms with Crippen LogP contribution in [0.3, 0.4) is 0 Å². The molecule has 17 heavy (non-hydrogen) atoms. The van der Waals surface area contributed by atoms with Crippen molar-refractivity contribution >= 4 is 0 Å². The van der Waals surface area contributed by atoms with Gasteiger partial charge in [-0.05, 0) is 12.5 Å². The summed E-state index contributed by atoms with van der Waals surface area (Å²) >= 11 is 0. The van der Waals surface area contributed by atoms with E-state index in [0.29, 0.717) is 6.61 Å². The summed E-state index contributed by atoms with van der Waals surface area (Å²) in [5.74, 6) is 0.882. The first-order valence-electron chi connectivity index (χ1n) is 5.34. The second-order valence-corrected chi connectivity index (χ2v) is 3.92. The Kier molecular flexibility index (Phi) is 5.31. The van der Waals surface area contributed by atoms with Crippen molar-refractivity contribution in [1.82, 2.24) is 0 Å². The van der Waals surface area contributed by atoms with Crippen LogP contribution in [0.2, 0.25) is 0 Å². The van der Waals surface area contributed by atoms with Gasteiger partial charge in [0.25, 0.3) is 0 Å². The summed E-state index contributed by atoms with van der Waals surface area (Å²) in [6.07, 6.45) is 0. The molecule has 2 aromatic carbocycles. The van der Waals surface area contributed by atoms with E-state index in [1.165, 1.54) is 11.1 Å². The topological polar surface area (TPSA) is 9.23 Å². The van der Waals surface area contributed by atoms with E-state index in [4.69, 9.17) is 4.74 Å². The van der Waals surface area contributed by atoms with E-state index in [1.807, 2.05) is 24.3 Å². The van der Waals surface area contributed by atoms with Gasteiger partial charge in [0.15, 0.2) is 0 Å². The third kappa shape index (κ3) is 4.28. The van der Waals surface area contributed by atoms with Crippen LogP contribution in [0.1, 0.15) is 16.7 Å². The first-order valence-corrected chi connectivity index (χ1v) is 5.34. The molecule has 0 heterocycles. The molecule has 0 spiro atoms. The van der Waals surface area contributed by atoms with Crippen LogP contribution in [0.25, 0.3) is 0 Å². The molecule has 0 bridgehead atoms. The fraction of sp³-hybridized carbons (Fsp3) is 0.133. The average Bonchev–Trinajstić information content (AvgIpc) is 2.30. The quantitative estimate of drug-likeness (QED) is 0.720. The second kappa shape index (κ2) is 6.51. The molecule has 2 rings (SSSR count). The van der Waals surface area contributed by atoms with E-state index in [2.05, 4.69) is 38.1 Å². The minimum absolute atomic E-state index is 0. The molecule has 0 amide bonds.